The van der Waals surface area contributed by atoms with Crippen molar-refractivity contribution in [3.8, 4) is 17.1 Å². The first-order chi connectivity index (χ1) is 12.4. The molecule has 1 saturated heterocycles. The first kappa shape index (κ1) is 18.3. The van der Waals surface area contributed by atoms with Crippen LogP contribution in [-0.4, -0.2) is 61.8 Å². The zero-order valence-electron chi connectivity index (χ0n) is 14.3. The number of methoxy groups -OCH3 is 1. The van der Waals surface area contributed by atoms with Crippen LogP contribution in [0.4, 0.5) is 0 Å². The van der Waals surface area contributed by atoms with Crippen LogP contribution in [0.1, 0.15) is 10.4 Å². The monoisotopic (exact) mass is 376 g/mol. The van der Waals surface area contributed by atoms with Gasteiger partial charge in [-0.05, 0) is 18.2 Å². The third-order valence-corrected chi connectivity index (χ3v) is 5.31. The van der Waals surface area contributed by atoms with Crippen LogP contribution < -0.4 is 9.88 Å². The fourth-order valence-electron chi connectivity index (χ4n) is 2.83. The number of piperazine rings is 1. The topological polar surface area (TPSA) is 106 Å². The maximum absolute atomic E-state index is 12.7. The number of nitrogens with zero attached hydrogens (tertiary/aromatic N) is 3. The Morgan fingerprint density at radius 2 is 1.81 bits per heavy atom. The molecule has 0 spiro atoms. The van der Waals surface area contributed by atoms with Crippen LogP contribution in [0.2, 0.25) is 0 Å². The molecule has 2 heterocycles. The molecule has 1 aromatic carbocycles. The molecule has 1 aliphatic rings. The summed E-state index contributed by atoms with van der Waals surface area (Å²) in [5.41, 5.74) is 2.03. The maximum atomic E-state index is 12.7. The van der Waals surface area contributed by atoms with E-state index in [0.717, 1.165) is 5.56 Å². The van der Waals surface area contributed by atoms with Gasteiger partial charge in [0.15, 0.2) is 0 Å². The van der Waals surface area contributed by atoms with Crippen molar-refractivity contribution in [2.75, 3.05) is 33.3 Å². The van der Waals surface area contributed by atoms with Gasteiger partial charge < -0.3 is 9.64 Å². The molecule has 0 unspecified atom stereocenters. The van der Waals surface area contributed by atoms with E-state index in [1.807, 2.05) is 18.2 Å². The van der Waals surface area contributed by atoms with Gasteiger partial charge in [-0.15, -0.1) is 0 Å². The number of aromatic nitrogens is 1. The minimum absolute atomic E-state index is 0.149. The summed E-state index contributed by atoms with van der Waals surface area (Å²) < 4.78 is 29.0. The molecule has 1 aliphatic heterocycles. The van der Waals surface area contributed by atoms with Gasteiger partial charge in [-0.2, -0.15) is 12.7 Å². The summed E-state index contributed by atoms with van der Waals surface area (Å²) in [5.74, 6) is 0.349. The van der Waals surface area contributed by atoms with E-state index < -0.39 is 10.2 Å². The first-order valence-corrected chi connectivity index (χ1v) is 9.57. The van der Waals surface area contributed by atoms with Crippen molar-refractivity contribution in [3.63, 3.8) is 0 Å². The lowest BCUT2D eigenvalue weighted by Crippen LogP contribution is -2.52. The second-order valence-electron chi connectivity index (χ2n) is 5.88. The highest BCUT2D eigenvalue weighted by Crippen LogP contribution is 2.22. The van der Waals surface area contributed by atoms with E-state index in [-0.39, 0.29) is 19.0 Å². The predicted octanol–water partition coefficient (Wildman–Crippen LogP) is 0.719. The largest absolute Gasteiger partial charge is 0.481 e. The molecule has 0 atom stereocenters. The molecular weight excluding hydrogens is 356 g/mol. The highest BCUT2D eigenvalue weighted by molar-refractivity contribution is 7.86. The SMILES string of the molecule is COc1cccc(-c2cccc(C(=O)N3CCN(S(N)(=O)=O)CC3)c2)n1. The van der Waals surface area contributed by atoms with Gasteiger partial charge >= 0.3 is 0 Å². The van der Waals surface area contributed by atoms with Crippen LogP contribution in [-0.2, 0) is 10.2 Å². The Morgan fingerprint density at radius 1 is 1.12 bits per heavy atom. The number of pyridine rings is 1. The minimum atomic E-state index is -3.71. The molecule has 0 bridgehead atoms. The number of hydrogen-bond donors (Lipinski definition) is 1. The zero-order chi connectivity index (χ0) is 18.7. The van der Waals surface area contributed by atoms with Crippen molar-refractivity contribution in [2.45, 2.75) is 0 Å². The lowest BCUT2D eigenvalue weighted by atomic mass is 10.1. The molecular formula is C17H20N4O4S. The molecule has 3 rings (SSSR count). The summed E-state index contributed by atoms with van der Waals surface area (Å²) in [6, 6.07) is 12.6. The number of carbonyl (C=O) groups is 1. The second kappa shape index (κ2) is 7.40. The summed E-state index contributed by atoms with van der Waals surface area (Å²) >= 11 is 0. The van der Waals surface area contributed by atoms with Gasteiger partial charge in [-0.3, -0.25) is 4.79 Å². The molecule has 2 N–H and O–H groups in total. The number of carbonyl (C=O) groups excluding carboxylic acids is 1. The average Bonchev–Trinajstić information content (AvgIpc) is 2.67. The molecule has 0 radical (unpaired) electrons. The summed E-state index contributed by atoms with van der Waals surface area (Å²) in [5, 5.41) is 5.13. The molecule has 8 nitrogen and oxygen atoms in total. The second-order valence-corrected chi connectivity index (χ2v) is 7.43. The van der Waals surface area contributed by atoms with Crippen LogP contribution in [0, 0.1) is 0 Å². The fourth-order valence-corrected chi connectivity index (χ4v) is 3.50. The lowest BCUT2D eigenvalue weighted by Gasteiger charge is -2.33. The number of nitrogens with two attached hydrogens (primary N) is 1. The van der Waals surface area contributed by atoms with Crippen LogP contribution in [0.5, 0.6) is 5.88 Å². The number of benzene rings is 1. The Balaban J connectivity index is 1.77. The van der Waals surface area contributed by atoms with Gasteiger partial charge in [-0.25, -0.2) is 10.1 Å². The van der Waals surface area contributed by atoms with Crippen molar-refractivity contribution in [1.29, 1.82) is 0 Å². The van der Waals surface area contributed by atoms with Gasteiger partial charge in [-0.1, -0.05) is 18.2 Å². The molecule has 2 aromatic rings. The van der Waals surface area contributed by atoms with Gasteiger partial charge in [0.05, 0.1) is 12.8 Å². The molecule has 138 valence electrons. The summed E-state index contributed by atoms with van der Waals surface area (Å²) in [7, 11) is -2.16. The zero-order valence-corrected chi connectivity index (χ0v) is 15.1. The smallest absolute Gasteiger partial charge is 0.277 e. The van der Waals surface area contributed by atoms with Crippen molar-refractivity contribution < 1.29 is 17.9 Å². The normalized spacial score (nSPS) is 15.7. The van der Waals surface area contributed by atoms with E-state index in [4.69, 9.17) is 9.88 Å². The minimum Gasteiger partial charge on any atom is -0.481 e. The summed E-state index contributed by atoms with van der Waals surface area (Å²) in [6.45, 7) is 0.997. The van der Waals surface area contributed by atoms with Crippen LogP contribution in [0.15, 0.2) is 42.5 Å². The summed E-state index contributed by atoms with van der Waals surface area (Å²) in [4.78, 5) is 18.7. The molecule has 26 heavy (non-hydrogen) atoms. The molecule has 0 saturated carbocycles. The Hall–Kier alpha value is -2.49. The quantitative estimate of drug-likeness (QED) is 0.846. The molecule has 1 amide bonds. The van der Waals surface area contributed by atoms with Gasteiger partial charge in [0.25, 0.3) is 16.1 Å². The number of hydrogen-bond acceptors (Lipinski definition) is 5. The van der Waals surface area contributed by atoms with E-state index in [1.165, 1.54) is 4.31 Å². The average molecular weight is 376 g/mol. The number of amides is 1. The Morgan fingerprint density at radius 3 is 2.46 bits per heavy atom. The van der Waals surface area contributed by atoms with Gasteiger partial charge in [0.1, 0.15) is 0 Å². The van der Waals surface area contributed by atoms with Gasteiger partial charge in [0.2, 0.25) is 5.88 Å². The van der Waals surface area contributed by atoms with E-state index >= 15 is 0 Å². The van der Waals surface area contributed by atoms with E-state index in [1.54, 1.807) is 36.3 Å². The van der Waals surface area contributed by atoms with Gasteiger partial charge in [0, 0.05) is 43.4 Å². The maximum Gasteiger partial charge on any atom is 0.277 e. The lowest BCUT2D eigenvalue weighted by molar-refractivity contribution is 0.0698. The van der Waals surface area contributed by atoms with Crippen LogP contribution >= 0.6 is 0 Å². The Kier molecular flexibility index (Phi) is 5.21. The summed E-state index contributed by atoms with van der Waals surface area (Å²) in [6.07, 6.45) is 0. The highest BCUT2D eigenvalue weighted by atomic mass is 32.2. The number of ether oxygens (including phenoxy) is 1. The highest BCUT2D eigenvalue weighted by Gasteiger charge is 2.27. The third kappa shape index (κ3) is 4.01. The van der Waals surface area contributed by atoms with E-state index in [9.17, 15) is 13.2 Å². The van der Waals surface area contributed by atoms with Crippen LogP contribution in [0.3, 0.4) is 0 Å². The standard InChI is InChI=1S/C17H20N4O4S/c1-25-16-7-3-6-15(19-16)13-4-2-5-14(12-13)17(22)20-8-10-21(11-9-20)26(18,23)24/h2-7,12H,8-11H2,1H3,(H2,18,23,24). The Labute approximate surface area is 152 Å². The van der Waals surface area contributed by atoms with Crippen molar-refractivity contribution in [1.82, 2.24) is 14.2 Å². The number of rotatable bonds is 4. The van der Waals surface area contributed by atoms with Crippen LogP contribution in [0.25, 0.3) is 11.3 Å². The third-order valence-electron chi connectivity index (χ3n) is 4.22. The molecule has 1 aromatic heterocycles. The van der Waals surface area contributed by atoms with Crippen molar-refractivity contribution in [3.05, 3.63) is 48.0 Å². The molecule has 1 fully saturated rings. The predicted molar refractivity (Wildman–Crippen MR) is 96.8 cm³/mol. The fraction of sp³-hybridized carbons (Fsp3) is 0.294. The first-order valence-electron chi connectivity index (χ1n) is 8.07. The molecule has 0 aliphatic carbocycles. The Bertz CT molecular complexity index is 908. The van der Waals surface area contributed by atoms with Crippen molar-refractivity contribution >= 4 is 16.1 Å². The van der Waals surface area contributed by atoms with E-state index in [0.29, 0.717) is 30.2 Å². The molecule has 9 heteroatoms. The van der Waals surface area contributed by atoms with E-state index in [2.05, 4.69) is 4.98 Å². The van der Waals surface area contributed by atoms with Crippen molar-refractivity contribution in [2.24, 2.45) is 5.14 Å².